The summed E-state index contributed by atoms with van der Waals surface area (Å²) in [6.07, 6.45) is 1.76. The van der Waals surface area contributed by atoms with E-state index in [4.69, 9.17) is 5.11 Å². The molecule has 11 heavy (non-hydrogen) atoms. The standard InChI is InChI=1S/C7H10N2OS/c10-4-6-3-9-7(11-6)5-1-8-2-5/h3,5,8,10H,1-2,4H2. The summed E-state index contributed by atoms with van der Waals surface area (Å²) >= 11 is 1.62. The van der Waals surface area contributed by atoms with Crippen molar-refractivity contribution in [3.8, 4) is 0 Å². The maximum Gasteiger partial charge on any atom is 0.0984 e. The van der Waals surface area contributed by atoms with Gasteiger partial charge in [0.1, 0.15) is 0 Å². The Morgan fingerprint density at radius 1 is 1.73 bits per heavy atom. The molecular weight excluding hydrogens is 160 g/mol. The number of nitrogens with zero attached hydrogens (tertiary/aromatic N) is 1. The van der Waals surface area contributed by atoms with Crippen molar-refractivity contribution in [2.75, 3.05) is 13.1 Å². The Morgan fingerprint density at radius 2 is 2.55 bits per heavy atom. The second kappa shape index (κ2) is 2.89. The molecule has 0 bridgehead atoms. The highest BCUT2D eigenvalue weighted by Crippen LogP contribution is 2.24. The number of hydrogen-bond donors (Lipinski definition) is 2. The quantitative estimate of drug-likeness (QED) is 0.672. The molecule has 0 spiro atoms. The normalized spacial score (nSPS) is 18.3. The minimum absolute atomic E-state index is 0.123. The first kappa shape index (κ1) is 7.21. The Balaban J connectivity index is 2.11. The highest BCUT2D eigenvalue weighted by Gasteiger charge is 2.21. The van der Waals surface area contributed by atoms with E-state index >= 15 is 0 Å². The molecule has 2 N–H and O–H groups in total. The predicted molar refractivity (Wildman–Crippen MR) is 43.6 cm³/mol. The molecule has 0 atom stereocenters. The zero-order chi connectivity index (χ0) is 7.68. The summed E-state index contributed by atoms with van der Waals surface area (Å²) in [6.45, 7) is 2.20. The van der Waals surface area contributed by atoms with Crippen molar-refractivity contribution in [1.29, 1.82) is 0 Å². The summed E-state index contributed by atoms with van der Waals surface area (Å²) in [5, 5.41) is 13.1. The minimum atomic E-state index is 0.123. The van der Waals surface area contributed by atoms with Crippen molar-refractivity contribution >= 4 is 11.3 Å². The van der Waals surface area contributed by atoms with Crippen LogP contribution in [0, 0.1) is 0 Å². The first-order chi connectivity index (χ1) is 5.40. The molecule has 4 heteroatoms. The van der Waals surface area contributed by atoms with Gasteiger partial charge < -0.3 is 10.4 Å². The third kappa shape index (κ3) is 1.29. The number of aliphatic hydroxyl groups excluding tert-OH is 1. The highest BCUT2D eigenvalue weighted by molar-refractivity contribution is 7.11. The van der Waals surface area contributed by atoms with E-state index in [1.807, 2.05) is 0 Å². The van der Waals surface area contributed by atoms with Gasteiger partial charge in [-0.15, -0.1) is 11.3 Å². The fourth-order valence-corrected chi connectivity index (χ4v) is 1.93. The van der Waals surface area contributed by atoms with Crippen LogP contribution in [0.1, 0.15) is 15.8 Å². The first-order valence-electron chi connectivity index (χ1n) is 3.66. The van der Waals surface area contributed by atoms with Crippen molar-refractivity contribution in [3.05, 3.63) is 16.1 Å². The number of nitrogens with one attached hydrogen (secondary N) is 1. The van der Waals surface area contributed by atoms with Crippen molar-refractivity contribution in [1.82, 2.24) is 10.3 Å². The van der Waals surface area contributed by atoms with Gasteiger partial charge in [-0.3, -0.25) is 0 Å². The summed E-state index contributed by atoms with van der Waals surface area (Å²) < 4.78 is 0. The fourth-order valence-electron chi connectivity index (χ4n) is 1.05. The molecule has 60 valence electrons. The van der Waals surface area contributed by atoms with Crippen LogP contribution in [0.3, 0.4) is 0 Å². The molecule has 0 unspecified atom stereocenters. The Labute approximate surface area is 69.1 Å². The SMILES string of the molecule is OCc1cnc(C2CNC2)s1. The smallest absolute Gasteiger partial charge is 0.0984 e. The Kier molecular flexibility index (Phi) is 1.89. The molecule has 1 aromatic heterocycles. The molecule has 3 nitrogen and oxygen atoms in total. The Morgan fingerprint density at radius 3 is 3.00 bits per heavy atom. The van der Waals surface area contributed by atoms with Gasteiger partial charge in [-0.1, -0.05) is 0 Å². The summed E-state index contributed by atoms with van der Waals surface area (Å²) in [5.41, 5.74) is 0. The maximum atomic E-state index is 8.78. The molecule has 1 aromatic rings. The van der Waals surface area contributed by atoms with Crippen molar-refractivity contribution in [2.45, 2.75) is 12.5 Å². The molecular formula is C7H10N2OS. The van der Waals surface area contributed by atoms with Gasteiger partial charge in [-0.05, 0) is 0 Å². The van der Waals surface area contributed by atoms with Gasteiger partial charge >= 0.3 is 0 Å². The number of aliphatic hydroxyl groups is 1. The molecule has 0 radical (unpaired) electrons. The topological polar surface area (TPSA) is 45.2 Å². The summed E-state index contributed by atoms with van der Waals surface area (Å²) in [5.74, 6) is 0.597. The van der Waals surface area contributed by atoms with Gasteiger partial charge in [0.2, 0.25) is 0 Å². The average molecular weight is 170 g/mol. The van der Waals surface area contributed by atoms with E-state index in [9.17, 15) is 0 Å². The van der Waals surface area contributed by atoms with Crippen LogP contribution in [0.2, 0.25) is 0 Å². The Hall–Kier alpha value is -0.450. The molecule has 1 aliphatic heterocycles. The third-order valence-corrected chi connectivity index (χ3v) is 3.00. The average Bonchev–Trinajstić information content (AvgIpc) is 2.32. The van der Waals surface area contributed by atoms with Crippen LogP contribution in [-0.4, -0.2) is 23.2 Å². The fraction of sp³-hybridized carbons (Fsp3) is 0.571. The second-order valence-corrected chi connectivity index (χ2v) is 3.82. The van der Waals surface area contributed by atoms with Crippen molar-refractivity contribution < 1.29 is 5.11 Å². The molecule has 1 aliphatic rings. The minimum Gasteiger partial charge on any atom is -0.391 e. The van der Waals surface area contributed by atoms with Gasteiger partial charge in [0, 0.05) is 25.2 Å². The molecule has 0 aromatic carbocycles. The van der Waals surface area contributed by atoms with E-state index in [2.05, 4.69) is 10.3 Å². The molecule has 1 fully saturated rings. The van der Waals surface area contributed by atoms with E-state index in [-0.39, 0.29) is 6.61 Å². The lowest BCUT2D eigenvalue weighted by Crippen LogP contribution is -2.39. The van der Waals surface area contributed by atoms with E-state index in [0.717, 1.165) is 23.0 Å². The van der Waals surface area contributed by atoms with Crippen LogP contribution in [0.25, 0.3) is 0 Å². The maximum absolute atomic E-state index is 8.78. The highest BCUT2D eigenvalue weighted by atomic mass is 32.1. The van der Waals surface area contributed by atoms with E-state index in [1.54, 1.807) is 17.5 Å². The van der Waals surface area contributed by atoms with Gasteiger partial charge in [-0.25, -0.2) is 4.98 Å². The molecule has 0 amide bonds. The molecule has 0 aliphatic carbocycles. The Bertz CT molecular complexity index is 244. The number of hydrogen-bond acceptors (Lipinski definition) is 4. The zero-order valence-corrected chi connectivity index (χ0v) is 6.90. The number of rotatable bonds is 2. The van der Waals surface area contributed by atoms with Gasteiger partial charge in [0.05, 0.1) is 16.5 Å². The molecule has 1 saturated heterocycles. The summed E-state index contributed by atoms with van der Waals surface area (Å²) in [7, 11) is 0. The summed E-state index contributed by atoms with van der Waals surface area (Å²) in [6, 6.07) is 0. The molecule has 2 rings (SSSR count). The lowest BCUT2D eigenvalue weighted by atomic mass is 10.1. The predicted octanol–water partition coefficient (Wildman–Crippen LogP) is 0.322. The zero-order valence-electron chi connectivity index (χ0n) is 6.08. The van der Waals surface area contributed by atoms with Crippen LogP contribution in [0.15, 0.2) is 6.20 Å². The van der Waals surface area contributed by atoms with Gasteiger partial charge in [0.15, 0.2) is 0 Å². The largest absolute Gasteiger partial charge is 0.391 e. The van der Waals surface area contributed by atoms with E-state index in [1.165, 1.54) is 0 Å². The number of aromatic nitrogens is 1. The van der Waals surface area contributed by atoms with Crippen LogP contribution in [0.4, 0.5) is 0 Å². The number of thiazole rings is 1. The second-order valence-electron chi connectivity index (χ2n) is 2.68. The van der Waals surface area contributed by atoms with Gasteiger partial charge in [-0.2, -0.15) is 0 Å². The molecule has 2 heterocycles. The van der Waals surface area contributed by atoms with Gasteiger partial charge in [0.25, 0.3) is 0 Å². The van der Waals surface area contributed by atoms with Crippen LogP contribution >= 0.6 is 11.3 Å². The summed E-state index contributed by atoms with van der Waals surface area (Å²) in [4.78, 5) is 5.19. The lowest BCUT2D eigenvalue weighted by molar-refractivity contribution is 0.285. The van der Waals surface area contributed by atoms with Crippen molar-refractivity contribution in [2.24, 2.45) is 0 Å². The van der Waals surface area contributed by atoms with Crippen LogP contribution in [-0.2, 0) is 6.61 Å². The first-order valence-corrected chi connectivity index (χ1v) is 4.48. The monoisotopic (exact) mass is 170 g/mol. The van der Waals surface area contributed by atoms with E-state index in [0.29, 0.717) is 5.92 Å². The van der Waals surface area contributed by atoms with Crippen LogP contribution in [0.5, 0.6) is 0 Å². The van der Waals surface area contributed by atoms with Crippen LogP contribution < -0.4 is 5.32 Å². The lowest BCUT2D eigenvalue weighted by Gasteiger charge is -2.24. The molecule has 0 saturated carbocycles. The third-order valence-electron chi connectivity index (χ3n) is 1.86. The van der Waals surface area contributed by atoms with Crippen molar-refractivity contribution in [3.63, 3.8) is 0 Å². The van der Waals surface area contributed by atoms with E-state index < -0.39 is 0 Å².